The van der Waals surface area contributed by atoms with Crippen molar-refractivity contribution < 1.29 is 28.8 Å². The van der Waals surface area contributed by atoms with Gasteiger partial charge in [0.25, 0.3) is 0 Å². The number of hydrogen-bond acceptors (Lipinski definition) is 7. The van der Waals surface area contributed by atoms with E-state index in [9.17, 15) is 9.90 Å². The number of nitrogens with one attached hydrogen (secondary N) is 1. The smallest absolute Gasteiger partial charge is 0.217 e. The molecule has 3 aromatic carbocycles. The summed E-state index contributed by atoms with van der Waals surface area (Å²) in [6, 6.07) is 24.6. The van der Waals surface area contributed by atoms with Gasteiger partial charge in [-0.15, -0.1) is 0 Å². The Labute approximate surface area is 247 Å². The number of aliphatic hydroxyl groups is 1. The van der Waals surface area contributed by atoms with E-state index in [1.807, 2.05) is 36.4 Å². The van der Waals surface area contributed by atoms with Gasteiger partial charge in [0.2, 0.25) is 5.91 Å². The average Bonchev–Trinajstić information content (AvgIpc) is 3.49. The molecule has 42 heavy (non-hydrogen) atoms. The molecule has 0 aromatic heterocycles. The minimum atomic E-state index is -0.496. The lowest BCUT2D eigenvalue weighted by atomic mass is 9.98. The maximum absolute atomic E-state index is 11.3. The molecule has 222 valence electrons. The standard InChI is InChI=1S/C34H40N2O6/c1-24(38)35-21-26-3-2-4-30(19-26)27-9-11-29(12-10-27)33-41-31(20-32(42-33)28-7-5-25(23-37)6-8-28)22-36-15-13-34(14-16-36)39-17-18-40-34/h2-12,19,31-33,37H,13-18,20-23H2,1H3,(H,35,38)/t31-,32+,33+/m1/s1. The van der Waals surface area contributed by atoms with Gasteiger partial charge in [0.05, 0.1) is 32.0 Å². The Morgan fingerprint density at radius 3 is 2.31 bits per heavy atom. The summed E-state index contributed by atoms with van der Waals surface area (Å²) >= 11 is 0. The Kier molecular flexibility index (Phi) is 9.00. The second-order valence-corrected chi connectivity index (χ2v) is 11.5. The minimum Gasteiger partial charge on any atom is -0.392 e. The van der Waals surface area contributed by atoms with Gasteiger partial charge in [0.15, 0.2) is 12.1 Å². The highest BCUT2D eigenvalue weighted by molar-refractivity contribution is 5.73. The van der Waals surface area contributed by atoms with Crippen molar-refractivity contribution >= 4 is 5.91 Å². The summed E-state index contributed by atoms with van der Waals surface area (Å²) in [7, 11) is 0. The third-order valence-corrected chi connectivity index (χ3v) is 8.49. The molecule has 0 saturated carbocycles. The fraction of sp³-hybridized carbons (Fsp3) is 0.441. The fourth-order valence-corrected chi connectivity index (χ4v) is 6.10. The van der Waals surface area contributed by atoms with Gasteiger partial charge in [-0.3, -0.25) is 4.79 Å². The molecule has 3 atom stereocenters. The molecule has 3 aliphatic heterocycles. The molecule has 1 amide bonds. The van der Waals surface area contributed by atoms with E-state index >= 15 is 0 Å². The number of likely N-dealkylation sites (tertiary alicyclic amines) is 1. The quantitative estimate of drug-likeness (QED) is 0.398. The zero-order valence-corrected chi connectivity index (χ0v) is 24.2. The fourth-order valence-electron chi connectivity index (χ4n) is 6.10. The van der Waals surface area contributed by atoms with Gasteiger partial charge in [0.1, 0.15) is 0 Å². The van der Waals surface area contributed by atoms with Crippen LogP contribution in [-0.4, -0.2) is 60.7 Å². The van der Waals surface area contributed by atoms with E-state index in [0.717, 1.165) is 72.3 Å². The molecule has 6 rings (SSSR count). The summed E-state index contributed by atoms with van der Waals surface area (Å²) in [6.07, 6.45) is 1.88. The maximum atomic E-state index is 11.3. The largest absolute Gasteiger partial charge is 0.392 e. The lowest BCUT2D eigenvalue weighted by Gasteiger charge is -2.41. The van der Waals surface area contributed by atoms with Gasteiger partial charge < -0.3 is 34.3 Å². The molecule has 3 aliphatic rings. The van der Waals surface area contributed by atoms with Crippen LogP contribution in [0.5, 0.6) is 0 Å². The highest BCUT2D eigenvalue weighted by Gasteiger charge is 2.41. The Bertz CT molecular complexity index is 1330. The molecule has 0 radical (unpaired) electrons. The number of carbonyl (C=O) groups excluding carboxylic acids is 1. The van der Waals surface area contributed by atoms with Crippen LogP contribution in [-0.2, 0) is 36.9 Å². The summed E-state index contributed by atoms with van der Waals surface area (Å²) in [5.74, 6) is -0.433. The van der Waals surface area contributed by atoms with Crippen molar-refractivity contribution in [3.8, 4) is 11.1 Å². The van der Waals surface area contributed by atoms with Crippen molar-refractivity contribution in [3.63, 3.8) is 0 Å². The highest BCUT2D eigenvalue weighted by Crippen LogP contribution is 2.39. The number of carbonyl (C=O) groups is 1. The molecule has 1 spiro atoms. The van der Waals surface area contributed by atoms with Gasteiger partial charge in [-0.1, -0.05) is 66.7 Å². The Morgan fingerprint density at radius 2 is 1.62 bits per heavy atom. The lowest BCUT2D eigenvalue weighted by Crippen LogP contribution is -2.48. The van der Waals surface area contributed by atoms with Crippen LogP contribution >= 0.6 is 0 Å². The van der Waals surface area contributed by atoms with Crippen LogP contribution in [0.25, 0.3) is 11.1 Å². The van der Waals surface area contributed by atoms with E-state index in [2.05, 4.69) is 46.6 Å². The van der Waals surface area contributed by atoms with Crippen molar-refractivity contribution in [2.24, 2.45) is 0 Å². The number of ether oxygens (including phenoxy) is 4. The molecule has 3 fully saturated rings. The van der Waals surface area contributed by atoms with Crippen LogP contribution in [0.3, 0.4) is 0 Å². The third kappa shape index (κ3) is 6.92. The van der Waals surface area contributed by atoms with Crippen LogP contribution in [0.1, 0.15) is 60.8 Å². The van der Waals surface area contributed by atoms with Crippen molar-refractivity contribution in [2.75, 3.05) is 32.8 Å². The van der Waals surface area contributed by atoms with Crippen LogP contribution in [0.2, 0.25) is 0 Å². The second kappa shape index (κ2) is 13.0. The highest BCUT2D eigenvalue weighted by atomic mass is 16.7. The lowest BCUT2D eigenvalue weighted by molar-refractivity contribution is -0.255. The van der Waals surface area contributed by atoms with E-state index in [0.29, 0.717) is 19.8 Å². The normalized spacial score (nSPS) is 24.1. The van der Waals surface area contributed by atoms with Gasteiger partial charge in [0, 0.05) is 57.9 Å². The SMILES string of the molecule is CC(=O)NCc1cccc(-c2ccc([C@H]3O[C@@H](CN4CCC5(CC4)OCCO5)C[C@@H](c4ccc(CO)cc4)O3)cc2)c1. The second-order valence-electron chi connectivity index (χ2n) is 11.5. The first-order valence-corrected chi connectivity index (χ1v) is 14.9. The zero-order valence-electron chi connectivity index (χ0n) is 24.2. The van der Waals surface area contributed by atoms with Crippen molar-refractivity contribution in [1.29, 1.82) is 0 Å². The molecule has 2 N–H and O–H groups in total. The first-order chi connectivity index (χ1) is 20.5. The third-order valence-electron chi connectivity index (χ3n) is 8.49. The Morgan fingerprint density at radius 1 is 0.905 bits per heavy atom. The molecule has 3 aromatic rings. The number of aliphatic hydroxyl groups excluding tert-OH is 1. The first kappa shape index (κ1) is 29.0. The van der Waals surface area contributed by atoms with Crippen LogP contribution in [0.15, 0.2) is 72.8 Å². The molecule has 8 heteroatoms. The predicted octanol–water partition coefficient (Wildman–Crippen LogP) is 4.87. The number of piperidine rings is 1. The van der Waals surface area contributed by atoms with Crippen LogP contribution < -0.4 is 5.32 Å². The zero-order chi connectivity index (χ0) is 28.9. The van der Waals surface area contributed by atoms with E-state index in [-0.39, 0.29) is 24.7 Å². The van der Waals surface area contributed by atoms with Gasteiger partial charge in [-0.25, -0.2) is 0 Å². The summed E-state index contributed by atoms with van der Waals surface area (Å²) < 4.78 is 25.0. The summed E-state index contributed by atoms with van der Waals surface area (Å²) in [5, 5.41) is 12.4. The molecule has 3 saturated heterocycles. The van der Waals surface area contributed by atoms with Gasteiger partial charge >= 0.3 is 0 Å². The van der Waals surface area contributed by atoms with Crippen molar-refractivity contribution in [3.05, 3.63) is 95.1 Å². The van der Waals surface area contributed by atoms with Crippen LogP contribution in [0, 0.1) is 0 Å². The number of hydrogen-bond donors (Lipinski definition) is 2. The number of amides is 1. The van der Waals surface area contributed by atoms with E-state index in [1.54, 1.807) is 0 Å². The molecule has 0 bridgehead atoms. The monoisotopic (exact) mass is 572 g/mol. The van der Waals surface area contributed by atoms with Gasteiger partial charge in [-0.05, 0) is 33.9 Å². The summed E-state index contributed by atoms with van der Waals surface area (Å²) in [6.45, 7) is 6.07. The molecular formula is C34H40N2O6. The molecule has 0 aliphatic carbocycles. The minimum absolute atomic E-state index is 0.00383. The van der Waals surface area contributed by atoms with Crippen LogP contribution in [0.4, 0.5) is 0 Å². The molecule has 3 heterocycles. The van der Waals surface area contributed by atoms with E-state index in [1.165, 1.54) is 6.92 Å². The predicted molar refractivity (Wildman–Crippen MR) is 158 cm³/mol. The number of nitrogens with zero attached hydrogens (tertiary/aromatic N) is 1. The van der Waals surface area contributed by atoms with E-state index < -0.39 is 12.1 Å². The molecular weight excluding hydrogens is 532 g/mol. The Hall–Kier alpha value is -3.11. The summed E-state index contributed by atoms with van der Waals surface area (Å²) in [5.41, 5.74) is 6.18. The average molecular weight is 573 g/mol. The molecule has 0 unspecified atom stereocenters. The Balaban J connectivity index is 1.17. The number of rotatable bonds is 8. The van der Waals surface area contributed by atoms with Crippen molar-refractivity contribution in [2.45, 2.75) is 63.6 Å². The van der Waals surface area contributed by atoms with Gasteiger partial charge in [-0.2, -0.15) is 0 Å². The number of benzene rings is 3. The van der Waals surface area contributed by atoms with E-state index in [4.69, 9.17) is 18.9 Å². The maximum Gasteiger partial charge on any atom is 0.217 e. The topological polar surface area (TPSA) is 89.5 Å². The van der Waals surface area contributed by atoms with Crippen molar-refractivity contribution in [1.82, 2.24) is 10.2 Å². The first-order valence-electron chi connectivity index (χ1n) is 14.9. The summed E-state index contributed by atoms with van der Waals surface area (Å²) in [4.78, 5) is 13.8. The molecule has 8 nitrogen and oxygen atoms in total.